The van der Waals surface area contributed by atoms with Crippen LogP contribution in [0.5, 0.6) is 5.75 Å². The number of methoxy groups -OCH3 is 1. The Hall–Kier alpha value is -2.29. The van der Waals surface area contributed by atoms with Crippen molar-refractivity contribution in [2.75, 3.05) is 7.11 Å². The lowest BCUT2D eigenvalue weighted by atomic mass is 10.1. The molecule has 0 radical (unpaired) electrons. The number of halogens is 1. The average molecular weight is 475 g/mol. The number of nitrogens with one attached hydrogen (secondary N) is 1. The second kappa shape index (κ2) is 7.98. The Morgan fingerprint density at radius 2 is 2.00 bits per heavy atom. The fraction of sp³-hybridized carbons (Fsp3) is 0.100. The van der Waals surface area contributed by atoms with Crippen LogP contribution in [0, 0.1) is 0 Å². The summed E-state index contributed by atoms with van der Waals surface area (Å²) in [6.07, 6.45) is 0. The van der Waals surface area contributed by atoms with E-state index in [-0.39, 0.29) is 11.8 Å². The maximum Gasteiger partial charge on any atom is 0.279 e. The largest absolute Gasteiger partial charge is 0.496 e. The van der Waals surface area contributed by atoms with Gasteiger partial charge in [0.1, 0.15) is 11.1 Å². The Bertz CT molecular complexity index is 1040. The molecule has 1 N–H and O–H groups in total. The van der Waals surface area contributed by atoms with Gasteiger partial charge in [-0.3, -0.25) is 15.0 Å². The van der Waals surface area contributed by atoms with Crippen molar-refractivity contribution in [1.29, 1.82) is 0 Å². The zero-order valence-corrected chi connectivity index (χ0v) is 17.9. The number of rotatable bonds is 4. The van der Waals surface area contributed by atoms with Crippen molar-refractivity contribution < 1.29 is 14.3 Å². The molecule has 0 spiro atoms. The standard InChI is InChI=1S/C20H15BrN2O3S2/c1-26-15-9-8-12(11-14(15)21)20-23(22-18(24)17-7-4-10-27-17)19(25)13-5-2-3-6-16(13)28-20/h2-11,20H,1H3,(H,22,24). The second-order valence-corrected chi connectivity index (χ2v) is 8.88. The first-order valence-corrected chi connectivity index (χ1v) is 10.9. The second-order valence-electron chi connectivity index (χ2n) is 5.95. The van der Waals surface area contributed by atoms with Gasteiger partial charge in [0.2, 0.25) is 0 Å². The number of carbonyl (C=O) groups excluding carboxylic acids is 2. The normalized spacial score (nSPS) is 15.9. The molecule has 1 aliphatic heterocycles. The molecule has 2 heterocycles. The van der Waals surface area contributed by atoms with Crippen LogP contribution in [0.25, 0.3) is 0 Å². The monoisotopic (exact) mass is 474 g/mol. The summed E-state index contributed by atoms with van der Waals surface area (Å²) < 4.78 is 6.08. The number of amides is 2. The van der Waals surface area contributed by atoms with Gasteiger partial charge in [-0.1, -0.05) is 36.0 Å². The van der Waals surface area contributed by atoms with E-state index < -0.39 is 5.37 Å². The van der Waals surface area contributed by atoms with E-state index in [4.69, 9.17) is 4.74 Å². The third-order valence-electron chi connectivity index (χ3n) is 4.24. The molecule has 0 fully saturated rings. The SMILES string of the molecule is COc1ccc(C2Sc3ccccc3C(=O)N2NC(=O)c2cccs2)cc1Br. The van der Waals surface area contributed by atoms with Gasteiger partial charge in [-0.2, -0.15) is 0 Å². The molecule has 1 aliphatic rings. The van der Waals surface area contributed by atoms with Gasteiger partial charge in [0, 0.05) is 4.90 Å². The number of hydrogen-bond acceptors (Lipinski definition) is 5. The van der Waals surface area contributed by atoms with Crippen LogP contribution >= 0.6 is 39.0 Å². The van der Waals surface area contributed by atoms with Gasteiger partial charge >= 0.3 is 0 Å². The van der Waals surface area contributed by atoms with Crippen LogP contribution in [0.4, 0.5) is 0 Å². The summed E-state index contributed by atoms with van der Waals surface area (Å²) in [5, 5.41) is 2.83. The molecule has 1 atom stereocenters. The summed E-state index contributed by atoms with van der Waals surface area (Å²) in [5.41, 5.74) is 4.24. The van der Waals surface area contributed by atoms with Crippen LogP contribution in [0.2, 0.25) is 0 Å². The number of hydrogen-bond donors (Lipinski definition) is 1. The minimum atomic E-state index is -0.409. The van der Waals surface area contributed by atoms with E-state index in [9.17, 15) is 9.59 Å². The van der Waals surface area contributed by atoms with E-state index in [0.717, 1.165) is 14.9 Å². The van der Waals surface area contributed by atoms with Gasteiger partial charge in [-0.15, -0.1) is 11.3 Å². The fourth-order valence-electron chi connectivity index (χ4n) is 2.89. The minimum absolute atomic E-state index is 0.240. The summed E-state index contributed by atoms with van der Waals surface area (Å²) in [7, 11) is 1.60. The molecule has 2 aromatic carbocycles. The Kier molecular flexibility index (Phi) is 5.43. The molecule has 1 aromatic heterocycles. The molecule has 4 rings (SSSR count). The number of fused-ring (bicyclic) bond motifs is 1. The van der Waals surface area contributed by atoms with Crippen molar-refractivity contribution in [3.8, 4) is 5.75 Å². The maximum atomic E-state index is 13.2. The molecule has 3 aromatic rings. The predicted molar refractivity (Wildman–Crippen MR) is 114 cm³/mol. The molecule has 1 unspecified atom stereocenters. The zero-order valence-electron chi connectivity index (χ0n) is 14.7. The molecule has 142 valence electrons. The van der Waals surface area contributed by atoms with Crippen LogP contribution in [0.15, 0.2) is 69.3 Å². The van der Waals surface area contributed by atoms with Gasteiger partial charge in [0.15, 0.2) is 0 Å². The van der Waals surface area contributed by atoms with Crippen molar-refractivity contribution in [1.82, 2.24) is 10.4 Å². The molecule has 28 heavy (non-hydrogen) atoms. The maximum absolute atomic E-state index is 13.2. The number of thiophene rings is 1. The van der Waals surface area contributed by atoms with E-state index in [2.05, 4.69) is 21.4 Å². The van der Waals surface area contributed by atoms with Crippen molar-refractivity contribution >= 4 is 50.8 Å². The van der Waals surface area contributed by atoms with Crippen LogP contribution in [0.1, 0.15) is 31.0 Å². The Morgan fingerprint density at radius 3 is 2.71 bits per heavy atom. The number of thioether (sulfide) groups is 1. The lowest BCUT2D eigenvalue weighted by Gasteiger charge is -2.36. The van der Waals surface area contributed by atoms with Crippen molar-refractivity contribution in [2.45, 2.75) is 10.3 Å². The van der Waals surface area contributed by atoms with E-state index in [0.29, 0.717) is 16.2 Å². The highest BCUT2D eigenvalue weighted by Crippen LogP contribution is 2.45. The minimum Gasteiger partial charge on any atom is -0.496 e. The molecular weight excluding hydrogens is 460 g/mol. The van der Waals surface area contributed by atoms with Crippen LogP contribution in [0.3, 0.4) is 0 Å². The molecule has 0 saturated heterocycles. The lowest BCUT2D eigenvalue weighted by molar-refractivity contribution is 0.0549. The highest BCUT2D eigenvalue weighted by Gasteiger charge is 2.35. The fourth-order valence-corrected chi connectivity index (χ4v) is 5.28. The molecule has 0 aliphatic carbocycles. The van der Waals surface area contributed by atoms with Crippen molar-refractivity contribution in [2.24, 2.45) is 0 Å². The number of carbonyl (C=O) groups is 2. The average Bonchev–Trinajstić information content (AvgIpc) is 3.25. The summed E-state index contributed by atoms with van der Waals surface area (Å²) >= 11 is 6.35. The third-order valence-corrected chi connectivity index (χ3v) is 7.04. The van der Waals surface area contributed by atoms with Crippen molar-refractivity contribution in [3.05, 3.63) is 80.5 Å². The van der Waals surface area contributed by atoms with E-state index >= 15 is 0 Å². The van der Waals surface area contributed by atoms with E-state index in [1.165, 1.54) is 28.1 Å². The molecule has 2 amide bonds. The number of hydrazine groups is 1. The van der Waals surface area contributed by atoms with E-state index in [1.54, 1.807) is 25.3 Å². The predicted octanol–water partition coefficient (Wildman–Crippen LogP) is 5.11. The van der Waals surface area contributed by atoms with Crippen molar-refractivity contribution in [3.63, 3.8) is 0 Å². The topological polar surface area (TPSA) is 58.6 Å². The third kappa shape index (κ3) is 3.55. The summed E-state index contributed by atoms with van der Waals surface area (Å²) in [6, 6.07) is 16.6. The van der Waals surface area contributed by atoms with Gasteiger partial charge in [-0.05, 0) is 57.2 Å². The van der Waals surface area contributed by atoms with Gasteiger partial charge in [-0.25, -0.2) is 5.01 Å². The molecule has 0 bridgehead atoms. The first-order chi connectivity index (χ1) is 13.6. The van der Waals surface area contributed by atoms with Crippen LogP contribution in [-0.4, -0.2) is 23.9 Å². The van der Waals surface area contributed by atoms with Crippen LogP contribution in [-0.2, 0) is 0 Å². The number of benzene rings is 2. The van der Waals surface area contributed by atoms with E-state index in [1.807, 2.05) is 41.8 Å². The first-order valence-electron chi connectivity index (χ1n) is 8.35. The van der Waals surface area contributed by atoms with Gasteiger partial charge < -0.3 is 4.74 Å². The summed E-state index contributed by atoms with van der Waals surface area (Å²) in [5.74, 6) is 0.155. The van der Waals surface area contributed by atoms with Crippen LogP contribution < -0.4 is 10.2 Å². The zero-order chi connectivity index (χ0) is 19.7. The highest BCUT2D eigenvalue weighted by atomic mass is 79.9. The summed E-state index contributed by atoms with van der Waals surface area (Å²) in [4.78, 5) is 27.2. The molecular formula is C20H15BrN2O3S2. The number of nitrogens with zero attached hydrogens (tertiary/aromatic N) is 1. The molecule has 0 saturated carbocycles. The quantitative estimate of drug-likeness (QED) is 0.570. The Labute approximate surface area is 178 Å². The molecule has 5 nitrogen and oxygen atoms in total. The van der Waals surface area contributed by atoms with Gasteiger partial charge in [0.25, 0.3) is 11.8 Å². The number of ether oxygens (including phenoxy) is 1. The first kappa shape index (κ1) is 19.0. The van der Waals surface area contributed by atoms with Gasteiger partial charge in [0.05, 0.1) is 22.0 Å². The summed E-state index contributed by atoms with van der Waals surface area (Å²) in [6.45, 7) is 0. The lowest BCUT2D eigenvalue weighted by Crippen LogP contribution is -2.49. The Morgan fingerprint density at radius 1 is 1.18 bits per heavy atom. The molecule has 8 heteroatoms. The smallest absolute Gasteiger partial charge is 0.279 e. The Balaban J connectivity index is 1.73. The highest BCUT2D eigenvalue weighted by molar-refractivity contribution is 9.10.